The van der Waals surface area contributed by atoms with E-state index in [0.29, 0.717) is 10.7 Å². The van der Waals surface area contributed by atoms with Crippen molar-refractivity contribution < 1.29 is 18.0 Å². The van der Waals surface area contributed by atoms with Gasteiger partial charge >= 0.3 is 6.18 Å². The summed E-state index contributed by atoms with van der Waals surface area (Å²) in [7, 11) is 0. The number of hydrogen-bond donors (Lipinski definition) is 2. The van der Waals surface area contributed by atoms with Crippen LogP contribution in [0, 0.1) is 6.92 Å². The minimum absolute atomic E-state index is 0.0484. The molecule has 0 radical (unpaired) electrons. The normalized spacial score (nSPS) is 11.6. The predicted molar refractivity (Wildman–Crippen MR) is 97.2 cm³/mol. The maximum absolute atomic E-state index is 13.3. The van der Waals surface area contributed by atoms with Gasteiger partial charge in [-0.1, -0.05) is 0 Å². The van der Waals surface area contributed by atoms with Crippen molar-refractivity contribution >= 4 is 33.6 Å². The third-order valence-electron chi connectivity index (χ3n) is 3.73. The Morgan fingerprint density at radius 3 is 2.70 bits per heavy atom. The first kappa shape index (κ1) is 18.9. The SMILES string of the molecule is CC(=O)Nc1ccc(NCc2cc(=O)n3c(C)csc3n2)c(C(F)(F)F)c1. The summed E-state index contributed by atoms with van der Waals surface area (Å²) < 4.78 is 41.5. The van der Waals surface area contributed by atoms with E-state index < -0.39 is 17.6 Å². The summed E-state index contributed by atoms with van der Waals surface area (Å²) in [5.41, 5.74) is -0.236. The van der Waals surface area contributed by atoms with Crippen LogP contribution in [0.25, 0.3) is 4.96 Å². The van der Waals surface area contributed by atoms with E-state index in [-0.39, 0.29) is 23.5 Å². The van der Waals surface area contributed by atoms with Crippen molar-refractivity contribution in [2.75, 3.05) is 10.6 Å². The number of anilines is 2. The molecule has 27 heavy (non-hydrogen) atoms. The summed E-state index contributed by atoms with van der Waals surface area (Å²) in [5, 5.41) is 6.78. The van der Waals surface area contributed by atoms with Crippen LogP contribution in [0.1, 0.15) is 23.9 Å². The number of aromatic nitrogens is 2. The molecular formula is C17H15F3N4O2S. The van der Waals surface area contributed by atoms with Gasteiger partial charge in [0.15, 0.2) is 4.96 Å². The number of halogens is 3. The molecule has 2 heterocycles. The Kier molecular flexibility index (Phi) is 4.92. The van der Waals surface area contributed by atoms with Gasteiger partial charge in [0, 0.05) is 35.4 Å². The molecule has 2 N–H and O–H groups in total. The zero-order chi connectivity index (χ0) is 19.8. The van der Waals surface area contributed by atoms with Gasteiger partial charge in [-0.15, -0.1) is 11.3 Å². The predicted octanol–water partition coefficient (Wildman–Crippen LogP) is 3.65. The second-order valence-electron chi connectivity index (χ2n) is 5.87. The fraction of sp³-hybridized carbons (Fsp3) is 0.235. The molecule has 2 aromatic heterocycles. The molecule has 142 valence electrons. The highest BCUT2D eigenvalue weighted by atomic mass is 32.1. The summed E-state index contributed by atoms with van der Waals surface area (Å²) in [4.78, 5) is 28.0. The highest BCUT2D eigenvalue weighted by Crippen LogP contribution is 2.36. The third kappa shape index (κ3) is 4.11. The number of rotatable bonds is 4. The van der Waals surface area contributed by atoms with Gasteiger partial charge in [0.2, 0.25) is 5.91 Å². The fourth-order valence-corrected chi connectivity index (χ4v) is 3.48. The molecule has 0 unspecified atom stereocenters. The van der Waals surface area contributed by atoms with Crippen LogP contribution in [-0.2, 0) is 17.5 Å². The number of nitrogens with one attached hydrogen (secondary N) is 2. The van der Waals surface area contributed by atoms with Gasteiger partial charge in [0.1, 0.15) is 0 Å². The maximum Gasteiger partial charge on any atom is 0.418 e. The van der Waals surface area contributed by atoms with E-state index >= 15 is 0 Å². The molecule has 0 atom stereocenters. The number of nitrogens with zero attached hydrogens (tertiary/aromatic N) is 2. The molecule has 0 fully saturated rings. The summed E-state index contributed by atoms with van der Waals surface area (Å²) in [6, 6.07) is 4.75. The van der Waals surface area contributed by atoms with Crippen LogP contribution in [0.3, 0.4) is 0 Å². The highest BCUT2D eigenvalue weighted by Gasteiger charge is 2.34. The quantitative estimate of drug-likeness (QED) is 0.706. The Balaban J connectivity index is 1.89. The summed E-state index contributed by atoms with van der Waals surface area (Å²) in [5.74, 6) is -0.465. The van der Waals surface area contributed by atoms with Gasteiger partial charge in [0.05, 0.1) is 17.8 Å². The first-order chi connectivity index (χ1) is 12.6. The van der Waals surface area contributed by atoms with E-state index in [2.05, 4.69) is 15.6 Å². The number of alkyl halides is 3. The number of amides is 1. The molecule has 0 spiro atoms. The van der Waals surface area contributed by atoms with Crippen molar-refractivity contribution in [1.29, 1.82) is 0 Å². The van der Waals surface area contributed by atoms with Crippen LogP contribution in [0.15, 0.2) is 34.4 Å². The molecular weight excluding hydrogens is 381 g/mol. The first-order valence-corrected chi connectivity index (χ1v) is 8.72. The smallest absolute Gasteiger partial charge is 0.379 e. The van der Waals surface area contributed by atoms with E-state index in [0.717, 1.165) is 11.8 Å². The number of carbonyl (C=O) groups is 1. The molecule has 10 heteroatoms. The van der Waals surface area contributed by atoms with Crippen LogP contribution < -0.4 is 16.2 Å². The lowest BCUT2D eigenvalue weighted by atomic mass is 10.1. The minimum Gasteiger partial charge on any atom is -0.379 e. The molecule has 1 amide bonds. The van der Waals surface area contributed by atoms with Crippen LogP contribution in [0.2, 0.25) is 0 Å². The number of benzene rings is 1. The van der Waals surface area contributed by atoms with Gasteiger partial charge in [0.25, 0.3) is 5.56 Å². The molecule has 3 rings (SSSR count). The zero-order valence-electron chi connectivity index (χ0n) is 14.3. The standard InChI is InChI=1S/C17H15F3N4O2S/c1-9-8-27-16-23-12(6-15(26)24(9)16)7-21-14-4-3-11(22-10(2)25)5-13(14)17(18,19)20/h3-6,8,21H,7H2,1-2H3,(H,22,25). The van der Waals surface area contributed by atoms with Crippen molar-refractivity contribution in [3.8, 4) is 0 Å². The molecule has 0 saturated carbocycles. The lowest BCUT2D eigenvalue weighted by molar-refractivity contribution is -0.137. The van der Waals surface area contributed by atoms with E-state index in [1.807, 2.05) is 0 Å². The summed E-state index contributed by atoms with van der Waals surface area (Å²) in [6.07, 6.45) is -4.61. The average Bonchev–Trinajstić information content (AvgIpc) is 2.94. The Bertz CT molecular complexity index is 1070. The van der Waals surface area contributed by atoms with Gasteiger partial charge in [-0.25, -0.2) is 4.98 Å². The Hall–Kier alpha value is -2.88. The molecule has 0 aliphatic carbocycles. The molecule has 0 bridgehead atoms. The molecule has 0 aliphatic rings. The largest absolute Gasteiger partial charge is 0.418 e. The molecule has 0 saturated heterocycles. The van der Waals surface area contributed by atoms with Crippen LogP contribution in [0.4, 0.5) is 24.5 Å². The van der Waals surface area contributed by atoms with Crippen molar-refractivity contribution in [1.82, 2.24) is 9.38 Å². The van der Waals surface area contributed by atoms with Gasteiger partial charge in [-0.05, 0) is 25.1 Å². The number of hydrogen-bond acceptors (Lipinski definition) is 5. The van der Waals surface area contributed by atoms with Gasteiger partial charge in [-0.3, -0.25) is 14.0 Å². The van der Waals surface area contributed by atoms with Crippen molar-refractivity contribution in [2.45, 2.75) is 26.6 Å². The van der Waals surface area contributed by atoms with E-state index in [4.69, 9.17) is 0 Å². The van der Waals surface area contributed by atoms with Gasteiger partial charge in [-0.2, -0.15) is 13.2 Å². The van der Waals surface area contributed by atoms with Crippen LogP contribution >= 0.6 is 11.3 Å². The molecule has 1 aromatic carbocycles. The lowest BCUT2D eigenvalue weighted by Gasteiger charge is -2.16. The average molecular weight is 396 g/mol. The molecule has 3 aromatic rings. The monoisotopic (exact) mass is 396 g/mol. The highest BCUT2D eigenvalue weighted by molar-refractivity contribution is 7.15. The number of carbonyl (C=O) groups excluding carboxylic acids is 1. The maximum atomic E-state index is 13.3. The van der Waals surface area contributed by atoms with E-state index in [1.165, 1.54) is 40.9 Å². The topological polar surface area (TPSA) is 75.5 Å². The summed E-state index contributed by atoms with van der Waals surface area (Å²) >= 11 is 1.28. The number of thiazole rings is 1. The Labute approximate surface area is 155 Å². The zero-order valence-corrected chi connectivity index (χ0v) is 15.2. The molecule has 0 aliphatic heterocycles. The third-order valence-corrected chi connectivity index (χ3v) is 4.68. The summed E-state index contributed by atoms with van der Waals surface area (Å²) in [6.45, 7) is 2.94. The van der Waals surface area contributed by atoms with Gasteiger partial charge < -0.3 is 10.6 Å². The Morgan fingerprint density at radius 2 is 2.04 bits per heavy atom. The minimum atomic E-state index is -4.61. The second kappa shape index (κ2) is 7.03. The molecule has 6 nitrogen and oxygen atoms in total. The first-order valence-electron chi connectivity index (χ1n) is 7.84. The number of fused-ring (bicyclic) bond motifs is 1. The second-order valence-corrected chi connectivity index (χ2v) is 6.71. The van der Waals surface area contributed by atoms with Crippen molar-refractivity contribution in [3.63, 3.8) is 0 Å². The van der Waals surface area contributed by atoms with E-state index in [1.54, 1.807) is 12.3 Å². The van der Waals surface area contributed by atoms with Crippen LogP contribution in [0.5, 0.6) is 0 Å². The lowest BCUT2D eigenvalue weighted by Crippen LogP contribution is -2.17. The Morgan fingerprint density at radius 1 is 1.30 bits per heavy atom. The van der Waals surface area contributed by atoms with Crippen molar-refractivity contribution in [3.05, 3.63) is 57.0 Å². The van der Waals surface area contributed by atoms with Crippen molar-refractivity contribution in [2.24, 2.45) is 0 Å². The van der Waals surface area contributed by atoms with Crippen LogP contribution in [-0.4, -0.2) is 15.3 Å². The number of aryl methyl sites for hydroxylation is 1. The van der Waals surface area contributed by atoms with E-state index in [9.17, 15) is 22.8 Å². The fourth-order valence-electron chi connectivity index (χ4n) is 2.59.